The number of aliphatic hydroxyl groups is 1. The summed E-state index contributed by atoms with van der Waals surface area (Å²) in [6.45, 7) is 2.17. The monoisotopic (exact) mass is 583 g/mol. The van der Waals surface area contributed by atoms with Gasteiger partial charge >= 0.3 is 0 Å². The third kappa shape index (κ3) is 9.52. The van der Waals surface area contributed by atoms with Crippen LogP contribution in [0.25, 0.3) is 0 Å². The summed E-state index contributed by atoms with van der Waals surface area (Å²) < 4.78 is 11.4. The van der Waals surface area contributed by atoms with Crippen LogP contribution in [0.4, 0.5) is 11.4 Å². The number of hydrogen-bond acceptors (Lipinski definition) is 8. The number of aliphatic hydroxyl groups excluding tert-OH is 1. The fraction of sp³-hybridized carbons (Fsp3) is 0.241. The van der Waals surface area contributed by atoms with Crippen molar-refractivity contribution in [1.82, 2.24) is 5.32 Å². The van der Waals surface area contributed by atoms with Crippen molar-refractivity contribution in [1.29, 1.82) is 5.41 Å². The Morgan fingerprint density at radius 1 is 1.07 bits per heavy atom. The van der Waals surface area contributed by atoms with Gasteiger partial charge in [-0.2, -0.15) is 0 Å². The SMILES string of the molecule is CCOc1cc(CC(=O)NC)cc(CNc2ccc(Cl)cc2C(=O)Nc2ccc(C(=N)N)cc2)c1OCC=O.CO. The van der Waals surface area contributed by atoms with Gasteiger partial charge in [0.25, 0.3) is 5.91 Å². The second kappa shape index (κ2) is 16.5. The molecule has 0 aliphatic rings. The predicted molar refractivity (Wildman–Crippen MR) is 159 cm³/mol. The zero-order chi connectivity index (χ0) is 30.4. The quantitative estimate of drug-likeness (QED) is 0.101. The minimum Gasteiger partial charge on any atom is -0.490 e. The third-order valence-electron chi connectivity index (χ3n) is 5.58. The first-order chi connectivity index (χ1) is 19.7. The molecule has 0 aliphatic heterocycles. The van der Waals surface area contributed by atoms with Crippen molar-refractivity contribution in [2.24, 2.45) is 5.73 Å². The van der Waals surface area contributed by atoms with Crippen LogP contribution in [0.1, 0.15) is 34.0 Å². The Morgan fingerprint density at radius 3 is 2.39 bits per heavy atom. The first kappa shape index (κ1) is 32.6. The van der Waals surface area contributed by atoms with E-state index in [1.165, 1.54) is 0 Å². The van der Waals surface area contributed by atoms with Gasteiger partial charge in [-0.25, -0.2) is 0 Å². The molecule has 0 spiro atoms. The zero-order valence-electron chi connectivity index (χ0n) is 23.0. The van der Waals surface area contributed by atoms with Gasteiger partial charge in [-0.3, -0.25) is 19.8 Å². The molecule has 3 aromatic rings. The van der Waals surface area contributed by atoms with Gasteiger partial charge in [0.2, 0.25) is 5.91 Å². The maximum Gasteiger partial charge on any atom is 0.257 e. The molecule has 41 heavy (non-hydrogen) atoms. The van der Waals surface area contributed by atoms with E-state index in [2.05, 4.69) is 16.0 Å². The number of likely N-dealkylation sites (N-methyl/N-ethyl adjacent to an activating group) is 1. The van der Waals surface area contributed by atoms with Gasteiger partial charge in [-0.05, 0) is 67.1 Å². The summed E-state index contributed by atoms with van der Waals surface area (Å²) in [7, 11) is 2.56. The number of aldehydes is 1. The number of amides is 2. The topological polar surface area (TPSA) is 176 Å². The molecule has 0 aliphatic carbocycles. The minimum absolute atomic E-state index is 0.0717. The van der Waals surface area contributed by atoms with E-state index in [1.54, 1.807) is 61.6 Å². The molecule has 0 fully saturated rings. The lowest BCUT2D eigenvalue weighted by atomic mass is 10.0. The normalized spacial score (nSPS) is 9.98. The molecule has 7 N–H and O–H groups in total. The van der Waals surface area contributed by atoms with E-state index < -0.39 is 5.91 Å². The maximum absolute atomic E-state index is 13.2. The molecule has 0 bridgehead atoms. The van der Waals surface area contributed by atoms with Crippen molar-refractivity contribution in [3.8, 4) is 11.5 Å². The van der Waals surface area contributed by atoms with Crippen LogP contribution < -0.4 is 31.2 Å². The van der Waals surface area contributed by atoms with Crippen LogP contribution in [-0.4, -0.2) is 56.4 Å². The van der Waals surface area contributed by atoms with Crippen molar-refractivity contribution in [3.05, 3.63) is 81.9 Å². The summed E-state index contributed by atoms with van der Waals surface area (Å²) in [6.07, 6.45) is 0.754. The molecule has 0 radical (unpaired) electrons. The van der Waals surface area contributed by atoms with Crippen LogP contribution in [0, 0.1) is 5.41 Å². The van der Waals surface area contributed by atoms with Gasteiger partial charge in [-0.15, -0.1) is 0 Å². The molecule has 3 rings (SSSR count). The highest BCUT2D eigenvalue weighted by molar-refractivity contribution is 6.31. The Bertz CT molecular complexity index is 1360. The van der Waals surface area contributed by atoms with Crippen molar-refractivity contribution in [3.63, 3.8) is 0 Å². The van der Waals surface area contributed by atoms with Crippen molar-refractivity contribution >= 4 is 46.9 Å². The highest BCUT2D eigenvalue weighted by atomic mass is 35.5. The second-order valence-electron chi connectivity index (χ2n) is 8.33. The Labute approximate surface area is 243 Å². The summed E-state index contributed by atoms with van der Waals surface area (Å²) in [4.78, 5) is 36.2. The number of amidine groups is 1. The van der Waals surface area contributed by atoms with Crippen molar-refractivity contribution in [2.45, 2.75) is 19.9 Å². The number of hydrogen-bond donors (Lipinski definition) is 6. The summed E-state index contributed by atoms with van der Waals surface area (Å²) in [5.41, 5.74) is 8.66. The Balaban J connectivity index is 0.00000287. The van der Waals surface area contributed by atoms with E-state index in [4.69, 9.17) is 37.3 Å². The van der Waals surface area contributed by atoms with E-state index in [0.29, 0.717) is 63.0 Å². The van der Waals surface area contributed by atoms with Crippen LogP contribution in [0.2, 0.25) is 5.02 Å². The molecule has 0 heterocycles. The van der Waals surface area contributed by atoms with Crippen LogP contribution in [-0.2, 0) is 22.6 Å². The van der Waals surface area contributed by atoms with E-state index in [1.807, 2.05) is 6.92 Å². The highest BCUT2D eigenvalue weighted by Gasteiger charge is 2.18. The number of nitrogens with two attached hydrogens (primary N) is 1. The molecule has 0 unspecified atom stereocenters. The summed E-state index contributed by atoms with van der Waals surface area (Å²) in [5.74, 6) is 0.114. The predicted octanol–water partition coefficient (Wildman–Crippen LogP) is 3.36. The summed E-state index contributed by atoms with van der Waals surface area (Å²) >= 11 is 6.20. The van der Waals surface area contributed by atoms with Gasteiger partial charge in [0.05, 0.1) is 18.6 Å². The molecule has 3 aromatic carbocycles. The van der Waals surface area contributed by atoms with E-state index >= 15 is 0 Å². The fourth-order valence-electron chi connectivity index (χ4n) is 3.75. The Kier molecular flexibility index (Phi) is 13.1. The van der Waals surface area contributed by atoms with Gasteiger partial charge in [0.1, 0.15) is 12.4 Å². The number of nitrogens with one attached hydrogen (secondary N) is 4. The fourth-order valence-corrected chi connectivity index (χ4v) is 3.93. The average molecular weight is 584 g/mol. The maximum atomic E-state index is 13.2. The molecule has 218 valence electrons. The van der Waals surface area contributed by atoms with Gasteiger partial charge in [-0.1, -0.05) is 11.6 Å². The number of halogens is 1. The molecule has 12 heteroatoms. The van der Waals surface area contributed by atoms with Crippen LogP contribution in [0.5, 0.6) is 11.5 Å². The molecular weight excluding hydrogens is 550 g/mol. The third-order valence-corrected chi connectivity index (χ3v) is 5.82. The molecular formula is C29H34ClN5O6. The molecule has 0 saturated carbocycles. The lowest BCUT2D eigenvalue weighted by molar-refractivity contribution is -0.120. The molecule has 2 amide bonds. The van der Waals surface area contributed by atoms with Crippen LogP contribution in [0.15, 0.2) is 54.6 Å². The van der Waals surface area contributed by atoms with Crippen molar-refractivity contribution in [2.75, 3.05) is 38.0 Å². The number of carbonyl (C=O) groups is 3. The van der Waals surface area contributed by atoms with Gasteiger partial charge in [0, 0.05) is 48.2 Å². The highest BCUT2D eigenvalue weighted by Crippen LogP contribution is 2.34. The van der Waals surface area contributed by atoms with Crippen LogP contribution >= 0.6 is 11.6 Å². The van der Waals surface area contributed by atoms with Crippen LogP contribution in [0.3, 0.4) is 0 Å². The molecule has 0 aromatic heterocycles. The standard InChI is InChI=1S/C28H30ClN5O5.CH4O/c1-3-38-24-13-17(14-25(36)32-2)12-19(26(24)39-11-10-35)16-33-23-9-6-20(29)15-22(23)28(37)34-21-7-4-18(5-8-21)27(30)31;1-2/h4-10,12-13,15,33H,3,11,14,16H2,1-2H3,(H3,30,31)(H,32,36)(H,34,37);2H,1H3. The van der Waals surface area contributed by atoms with Crippen molar-refractivity contribution < 1.29 is 29.0 Å². The van der Waals surface area contributed by atoms with E-state index in [9.17, 15) is 14.4 Å². The number of carbonyl (C=O) groups excluding carboxylic acids is 3. The lowest BCUT2D eigenvalue weighted by Crippen LogP contribution is -2.20. The zero-order valence-corrected chi connectivity index (χ0v) is 23.8. The Hall–Kier alpha value is -4.61. The number of nitrogen functional groups attached to an aromatic ring is 1. The number of ether oxygens (including phenoxy) is 2. The smallest absolute Gasteiger partial charge is 0.257 e. The first-order valence-electron chi connectivity index (χ1n) is 12.5. The molecule has 0 atom stereocenters. The van der Waals surface area contributed by atoms with E-state index in [0.717, 1.165) is 7.11 Å². The summed E-state index contributed by atoms with van der Waals surface area (Å²) in [6, 6.07) is 14.9. The van der Waals surface area contributed by atoms with E-state index in [-0.39, 0.29) is 31.3 Å². The summed E-state index contributed by atoms with van der Waals surface area (Å²) in [5, 5.41) is 23.5. The van der Waals surface area contributed by atoms with Gasteiger partial charge in [0.15, 0.2) is 17.8 Å². The minimum atomic E-state index is -0.406. The second-order valence-corrected chi connectivity index (χ2v) is 8.77. The van der Waals surface area contributed by atoms with Gasteiger partial charge < -0.3 is 36.3 Å². The average Bonchev–Trinajstić information content (AvgIpc) is 2.97. The number of benzene rings is 3. The Morgan fingerprint density at radius 2 is 1.78 bits per heavy atom. The largest absolute Gasteiger partial charge is 0.490 e. The number of anilines is 2. The lowest BCUT2D eigenvalue weighted by Gasteiger charge is -2.19. The molecule has 11 nitrogen and oxygen atoms in total. The molecule has 0 saturated heterocycles. The number of rotatable bonds is 13. The first-order valence-corrected chi connectivity index (χ1v) is 12.9.